The second-order valence-corrected chi connectivity index (χ2v) is 7.19. The van der Waals surface area contributed by atoms with E-state index in [0.29, 0.717) is 5.69 Å². The van der Waals surface area contributed by atoms with Crippen LogP contribution in [0, 0.1) is 6.92 Å². The van der Waals surface area contributed by atoms with E-state index in [2.05, 4.69) is 10.4 Å². The second kappa shape index (κ2) is 8.22. The van der Waals surface area contributed by atoms with Gasteiger partial charge in [-0.05, 0) is 42.2 Å². The molecule has 0 radical (unpaired) electrons. The Morgan fingerprint density at radius 1 is 1.17 bits per heavy atom. The minimum absolute atomic E-state index is 0.0205. The molecule has 1 N–H and O–H groups in total. The first-order valence-corrected chi connectivity index (χ1v) is 9.34. The fourth-order valence-electron chi connectivity index (χ4n) is 3.14. The van der Waals surface area contributed by atoms with E-state index in [-0.39, 0.29) is 23.0 Å². The number of nitrogens with one attached hydrogen (secondary N) is 1. The van der Waals surface area contributed by atoms with Gasteiger partial charge in [0.15, 0.2) is 11.4 Å². The number of para-hydroxylation sites is 1. The van der Waals surface area contributed by atoms with Gasteiger partial charge >= 0.3 is 6.18 Å². The molecular weight excluding hydrogens is 395 g/mol. The van der Waals surface area contributed by atoms with Gasteiger partial charge in [0.1, 0.15) is 0 Å². The molecule has 3 rings (SSSR count). The van der Waals surface area contributed by atoms with E-state index >= 15 is 0 Å². The quantitative estimate of drug-likeness (QED) is 0.589. The minimum atomic E-state index is -4.48. The highest BCUT2D eigenvalue weighted by Crippen LogP contribution is 2.31. The Morgan fingerprint density at radius 2 is 1.87 bits per heavy atom. The van der Waals surface area contributed by atoms with Gasteiger partial charge < -0.3 is 10.1 Å². The molecule has 0 saturated heterocycles. The summed E-state index contributed by atoms with van der Waals surface area (Å²) in [7, 11) is 1.37. The lowest BCUT2D eigenvalue weighted by Crippen LogP contribution is -2.16. The summed E-state index contributed by atoms with van der Waals surface area (Å²) in [6, 6.07) is 10.4. The number of benzene rings is 2. The maximum Gasteiger partial charge on any atom is 0.416 e. The van der Waals surface area contributed by atoms with Crippen molar-refractivity contribution in [1.82, 2.24) is 9.78 Å². The van der Waals surface area contributed by atoms with Gasteiger partial charge in [0.25, 0.3) is 5.91 Å². The van der Waals surface area contributed by atoms with Gasteiger partial charge in [0, 0.05) is 5.69 Å². The number of alkyl halides is 3. The highest BCUT2D eigenvalue weighted by molar-refractivity contribution is 6.05. The van der Waals surface area contributed by atoms with Crippen LogP contribution in [0.15, 0.2) is 48.7 Å². The molecular formula is C22H22F3N3O2. The van der Waals surface area contributed by atoms with Gasteiger partial charge in [-0.25, -0.2) is 4.68 Å². The Hall–Kier alpha value is -3.29. The summed E-state index contributed by atoms with van der Waals surface area (Å²) in [5.41, 5.74) is 1.90. The molecule has 1 amide bonds. The van der Waals surface area contributed by atoms with E-state index in [4.69, 9.17) is 4.74 Å². The number of carbonyl (C=O) groups is 1. The molecule has 1 heterocycles. The van der Waals surface area contributed by atoms with Crippen molar-refractivity contribution in [3.8, 4) is 11.4 Å². The zero-order valence-electron chi connectivity index (χ0n) is 17.0. The first-order valence-electron chi connectivity index (χ1n) is 9.34. The third kappa shape index (κ3) is 4.32. The molecule has 0 aliphatic heterocycles. The zero-order valence-corrected chi connectivity index (χ0v) is 17.0. The van der Waals surface area contributed by atoms with E-state index in [0.717, 1.165) is 23.3 Å². The van der Waals surface area contributed by atoms with Crippen LogP contribution < -0.4 is 10.1 Å². The number of nitrogens with zero attached hydrogens (tertiary/aromatic N) is 2. The number of ether oxygens (including phenoxy) is 1. The van der Waals surface area contributed by atoms with Gasteiger partial charge in [-0.2, -0.15) is 18.3 Å². The van der Waals surface area contributed by atoms with Crippen molar-refractivity contribution in [2.45, 2.75) is 32.9 Å². The number of methoxy groups -OCH3 is 1. The van der Waals surface area contributed by atoms with Crippen molar-refractivity contribution in [1.29, 1.82) is 0 Å². The SMILES string of the molecule is COc1cn(-c2cccc(C(F)(F)F)c2)nc1C(=O)Nc1c(C)cccc1C(C)C. The topological polar surface area (TPSA) is 56.2 Å². The molecule has 5 nitrogen and oxygen atoms in total. The highest BCUT2D eigenvalue weighted by atomic mass is 19.4. The molecule has 0 bridgehead atoms. The largest absolute Gasteiger partial charge is 0.493 e. The van der Waals surface area contributed by atoms with Crippen LogP contribution in [0.25, 0.3) is 5.69 Å². The smallest absolute Gasteiger partial charge is 0.416 e. The predicted molar refractivity (Wildman–Crippen MR) is 108 cm³/mol. The number of amides is 1. The van der Waals surface area contributed by atoms with E-state index in [1.807, 2.05) is 39.0 Å². The summed E-state index contributed by atoms with van der Waals surface area (Å²) in [4.78, 5) is 12.9. The summed E-state index contributed by atoms with van der Waals surface area (Å²) >= 11 is 0. The number of aryl methyl sites for hydroxylation is 1. The van der Waals surface area contributed by atoms with Crippen LogP contribution in [0.2, 0.25) is 0 Å². The number of anilines is 1. The van der Waals surface area contributed by atoms with Crippen molar-refractivity contribution in [2.75, 3.05) is 12.4 Å². The molecule has 0 atom stereocenters. The summed E-state index contributed by atoms with van der Waals surface area (Å²) in [5.74, 6) is -0.164. The number of rotatable bonds is 5. The van der Waals surface area contributed by atoms with Crippen molar-refractivity contribution < 1.29 is 22.7 Å². The second-order valence-electron chi connectivity index (χ2n) is 7.19. The molecule has 1 aromatic heterocycles. The van der Waals surface area contributed by atoms with Crippen LogP contribution in [0.5, 0.6) is 5.75 Å². The summed E-state index contributed by atoms with van der Waals surface area (Å²) in [6.07, 6.45) is -3.10. The van der Waals surface area contributed by atoms with E-state index in [1.165, 1.54) is 30.1 Å². The molecule has 0 aliphatic carbocycles. The van der Waals surface area contributed by atoms with Crippen molar-refractivity contribution >= 4 is 11.6 Å². The average molecular weight is 417 g/mol. The monoisotopic (exact) mass is 417 g/mol. The fraction of sp³-hybridized carbons (Fsp3) is 0.273. The third-order valence-electron chi connectivity index (χ3n) is 4.72. The fourth-order valence-corrected chi connectivity index (χ4v) is 3.14. The molecule has 0 aliphatic rings. The minimum Gasteiger partial charge on any atom is -0.493 e. The molecule has 0 saturated carbocycles. The number of halogens is 3. The third-order valence-corrected chi connectivity index (χ3v) is 4.72. The van der Waals surface area contributed by atoms with E-state index < -0.39 is 17.6 Å². The van der Waals surface area contributed by atoms with Crippen LogP contribution in [-0.4, -0.2) is 22.8 Å². The van der Waals surface area contributed by atoms with Crippen LogP contribution in [0.3, 0.4) is 0 Å². The highest BCUT2D eigenvalue weighted by Gasteiger charge is 2.31. The first kappa shape index (κ1) is 21.4. The number of hydrogen-bond donors (Lipinski definition) is 1. The van der Waals surface area contributed by atoms with Gasteiger partial charge in [-0.15, -0.1) is 0 Å². The average Bonchev–Trinajstić information content (AvgIpc) is 3.13. The molecule has 158 valence electrons. The zero-order chi connectivity index (χ0) is 22.1. The van der Waals surface area contributed by atoms with Crippen LogP contribution in [0.1, 0.15) is 46.9 Å². The Bertz CT molecular complexity index is 1070. The molecule has 30 heavy (non-hydrogen) atoms. The molecule has 8 heteroatoms. The summed E-state index contributed by atoms with van der Waals surface area (Å²) in [6.45, 7) is 5.93. The lowest BCUT2D eigenvalue weighted by atomic mass is 9.98. The van der Waals surface area contributed by atoms with Gasteiger partial charge in [0.2, 0.25) is 0 Å². The van der Waals surface area contributed by atoms with Crippen molar-refractivity contribution in [2.24, 2.45) is 0 Å². The Morgan fingerprint density at radius 3 is 2.50 bits per heavy atom. The van der Waals surface area contributed by atoms with Crippen molar-refractivity contribution in [3.63, 3.8) is 0 Å². The number of carbonyl (C=O) groups excluding carboxylic acids is 1. The Kier molecular flexibility index (Phi) is 5.87. The molecule has 0 fully saturated rings. The standard InChI is InChI=1S/C22H22F3N3O2/c1-13(2)17-10-5-7-14(3)19(17)26-21(29)20-18(30-4)12-28(27-20)16-9-6-8-15(11-16)22(23,24)25/h5-13H,1-4H3,(H,26,29). The van der Waals surface area contributed by atoms with Gasteiger partial charge in [-0.1, -0.05) is 38.1 Å². The predicted octanol–water partition coefficient (Wildman–Crippen LogP) is 5.58. The van der Waals surface area contributed by atoms with Crippen molar-refractivity contribution in [3.05, 3.63) is 71.0 Å². The maximum absolute atomic E-state index is 13.0. The summed E-state index contributed by atoms with van der Waals surface area (Å²) < 4.78 is 45.5. The lowest BCUT2D eigenvalue weighted by molar-refractivity contribution is -0.137. The Balaban J connectivity index is 1.97. The normalized spacial score (nSPS) is 11.6. The molecule has 0 unspecified atom stereocenters. The molecule has 0 spiro atoms. The lowest BCUT2D eigenvalue weighted by Gasteiger charge is -2.16. The van der Waals surface area contributed by atoms with Crippen LogP contribution in [0.4, 0.5) is 18.9 Å². The number of hydrogen-bond acceptors (Lipinski definition) is 3. The van der Waals surface area contributed by atoms with Crippen LogP contribution >= 0.6 is 0 Å². The number of aromatic nitrogens is 2. The Labute approximate surface area is 172 Å². The molecule has 3 aromatic rings. The van der Waals surface area contributed by atoms with E-state index in [1.54, 1.807) is 0 Å². The molecule has 2 aromatic carbocycles. The summed E-state index contributed by atoms with van der Waals surface area (Å²) in [5, 5.41) is 7.06. The van der Waals surface area contributed by atoms with Crippen LogP contribution in [-0.2, 0) is 6.18 Å². The maximum atomic E-state index is 13.0. The van der Waals surface area contributed by atoms with E-state index in [9.17, 15) is 18.0 Å². The van der Waals surface area contributed by atoms with Gasteiger partial charge in [-0.3, -0.25) is 4.79 Å². The van der Waals surface area contributed by atoms with Gasteiger partial charge in [0.05, 0.1) is 24.6 Å². The first-order chi connectivity index (χ1) is 14.1.